The second kappa shape index (κ2) is 6.46. The average Bonchev–Trinajstić information content (AvgIpc) is 2.39. The lowest BCUT2D eigenvalue weighted by Gasteiger charge is -2.09. The van der Waals surface area contributed by atoms with E-state index < -0.39 is 12.9 Å². The first-order valence-corrected chi connectivity index (χ1v) is 6.44. The first kappa shape index (κ1) is 15.1. The van der Waals surface area contributed by atoms with Crippen LogP contribution in [0.1, 0.15) is 5.56 Å². The summed E-state index contributed by atoms with van der Waals surface area (Å²) in [5.74, 6) is -0.0851. The molecule has 2 rings (SSSR count). The molecule has 0 aliphatic heterocycles. The van der Waals surface area contributed by atoms with Gasteiger partial charge in [0.25, 0.3) is 0 Å². The summed E-state index contributed by atoms with van der Waals surface area (Å²) in [5, 5.41) is 18.9. The topological polar surface area (TPSA) is 49.7 Å². The summed E-state index contributed by atoms with van der Waals surface area (Å²) in [6, 6.07) is 8.52. The van der Waals surface area contributed by atoms with Crippen LogP contribution in [-0.2, 0) is 6.61 Å². The zero-order valence-electron chi connectivity index (χ0n) is 10.2. The molecule has 2 aromatic carbocycles. The third-order valence-electron chi connectivity index (χ3n) is 2.57. The molecule has 104 valence electrons. The second-order valence-electron chi connectivity index (χ2n) is 4.13. The Balaban J connectivity index is 2.12. The van der Waals surface area contributed by atoms with Gasteiger partial charge in [-0.15, -0.1) is 0 Å². The van der Waals surface area contributed by atoms with Crippen LogP contribution in [0.4, 0.5) is 4.39 Å². The van der Waals surface area contributed by atoms with Crippen molar-refractivity contribution in [3.05, 3.63) is 57.8 Å². The van der Waals surface area contributed by atoms with Gasteiger partial charge in [0, 0.05) is 6.07 Å². The first-order valence-electron chi connectivity index (χ1n) is 5.69. The van der Waals surface area contributed by atoms with Crippen molar-refractivity contribution in [3.63, 3.8) is 0 Å². The summed E-state index contributed by atoms with van der Waals surface area (Å²) in [5.41, 5.74) is 0.539. The minimum Gasteiger partial charge on any atom is -0.489 e. The van der Waals surface area contributed by atoms with Gasteiger partial charge >= 0.3 is 7.12 Å². The molecule has 2 N–H and O–H groups in total. The van der Waals surface area contributed by atoms with E-state index in [0.29, 0.717) is 21.4 Å². The fourth-order valence-electron chi connectivity index (χ4n) is 1.64. The largest absolute Gasteiger partial charge is 0.489 e. The van der Waals surface area contributed by atoms with Gasteiger partial charge in [-0.25, -0.2) is 4.39 Å². The Morgan fingerprint density at radius 3 is 2.45 bits per heavy atom. The molecule has 2 aromatic rings. The summed E-state index contributed by atoms with van der Waals surface area (Å²) < 4.78 is 18.8. The standard InChI is InChI=1S/C13H10BCl2FO3/c15-12-2-1-11(6-13(12)16)20-7-8-3-9(14(18)19)5-10(17)4-8/h1-6,18-19H,7H2. The van der Waals surface area contributed by atoms with Crippen LogP contribution in [0.3, 0.4) is 0 Å². The lowest BCUT2D eigenvalue weighted by Crippen LogP contribution is -2.30. The van der Waals surface area contributed by atoms with E-state index in [9.17, 15) is 4.39 Å². The third kappa shape index (κ3) is 3.87. The van der Waals surface area contributed by atoms with Gasteiger partial charge in [0.15, 0.2) is 0 Å². The van der Waals surface area contributed by atoms with Crippen LogP contribution in [0.15, 0.2) is 36.4 Å². The predicted octanol–water partition coefficient (Wildman–Crippen LogP) is 2.39. The average molecular weight is 315 g/mol. The Bertz CT molecular complexity index is 623. The first-order chi connectivity index (χ1) is 9.45. The van der Waals surface area contributed by atoms with Crippen molar-refractivity contribution in [1.29, 1.82) is 0 Å². The van der Waals surface area contributed by atoms with Crippen molar-refractivity contribution in [3.8, 4) is 5.75 Å². The lowest BCUT2D eigenvalue weighted by molar-refractivity contribution is 0.305. The number of hydrogen-bond donors (Lipinski definition) is 2. The number of hydrogen-bond acceptors (Lipinski definition) is 3. The molecule has 7 heteroatoms. The maximum absolute atomic E-state index is 13.3. The second-order valence-corrected chi connectivity index (χ2v) is 4.95. The maximum Gasteiger partial charge on any atom is 0.488 e. The Kier molecular flexibility index (Phi) is 4.88. The van der Waals surface area contributed by atoms with Crippen LogP contribution in [0, 0.1) is 5.82 Å². The monoisotopic (exact) mass is 314 g/mol. The van der Waals surface area contributed by atoms with Crippen molar-refractivity contribution < 1.29 is 19.2 Å². The molecule has 0 spiro atoms. The van der Waals surface area contributed by atoms with Crippen molar-refractivity contribution in [2.24, 2.45) is 0 Å². The van der Waals surface area contributed by atoms with E-state index in [-0.39, 0.29) is 12.1 Å². The zero-order valence-corrected chi connectivity index (χ0v) is 11.7. The molecule has 0 bridgehead atoms. The van der Waals surface area contributed by atoms with Gasteiger partial charge in [0.1, 0.15) is 18.2 Å². The van der Waals surface area contributed by atoms with E-state index in [1.165, 1.54) is 12.1 Å². The Morgan fingerprint density at radius 1 is 1.05 bits per heavy atom. The van der Waals surface area contributed by atoms with Crippen LogP contribution >= 0.6 is 23.2 Å². The van der Waals surface area contributed by atoms with Gasteiger partial charge in [-0.05, 0) is 35.3 Å². The molecule has 0 fully saturated rings. The number of ether oxygens (including phenoxy) is 1. The summed E-state index contributed by atoms with van der Waals surface area (Å²) in [4.78, 5) is 0. The highest BCUT2D eigenvalue weighted by Crippen LogP contribution is 2.26. The van der Waals surface area contributed by atoms with Crippen LogP contribution in [0.2, 0.25) is 10.0 Å². The quantitative estimate of drug-likeness (QED) is 0.852. The molecule has 0 saturated carbocycles. The van der Waals surface area contributed by atoms with Crippen LogP contribution in [0.25, 0.3) is 0 Å². The molecule has 3 nitrogen and oxygen atoms in total. The highest BCUT2D eigenvalue weighted by atomic mass is 35.5. The molecule has 0 radical (unpaired) electrons. The molecular weight excluding hydrogens is 305 g/mol. The minimum atomic E-state index is -1.73. The molecule has 0 aliphatic rings. The van der Waals surface area contributed by atoms with E-state index in [4.69, 9.17) is 38.0 Å². The molecule has 0 atom stereocenters. The fourth-order valence-corrected chi connectivity index (χ4v) is 1.93. The smallest absolute Gasteiger partial charge is 0.488 e. The fraction of sp³-hybridized carbons (Fsp3) is 0.0769. The molecule has 0 saturated heterocycles. The molecule has 0 unspecified atom stereocenters. The summed E-state index contributed by atoms with van der Waals surface area (Å²) >= 11 is 11.6. The highest BCUT2D eigenvalue weighted by molar-refractivity contribution is 6.58. The third-order valence-corrected chi connectivity index (χ3v) is 3.31. The molecule has 0 aliphatic carbocycles. The van der Waals surface area contributed by atoms with E-state index in [0.717, 1.165) is 6.07 Å². The molecule has 0 amide bonds. The highest BCUT2D eigenvalue weighted by Gasteiger charge is 2.13. The van der Waals surface area contributed by atoms with Crippen molar-refractivity contribution >= 4 is 35.8 Å². The molecule has 0 aromatic heterocycles. The molecule has 20 heavy (non-hydrogen) atoms. The van der Waals surface area contributed by atoms with Crippen LogP contribution in [0.5, 0.6) is 5.75 Å². The number of benzene rings is 2. The van der Waals surface area contributed by atoms with E-state index >= 15 is 0 Å². The normalized spacial score (nSPS) is 10.4. The van der Waals surface area contributed by atoms with Crippen molar-refractivity contribution in [1.82, 2.24) is 0 Å². The zero-order chi connectivity index (χ0) is 14.7. The lowest BCUT2D eigenvalue weighted by atomic mass is 9.79. The van der Waals surface area contributed by atoms with E-state index in [2.05, 4.69) is 0 Å². The van der Waals surface area contributed by atoms with Gasteiger partial charge in [-0.1, -0.05) is 29.3 Å². The van der Waals surface area contributed by atoms with Gasteiger partial charge in [-0.2, -0.15) is 0 Å². The number of rotatable bonds is 4. The Morgan fingerprint density at radius 2 is 1.80 bits per heavy atom. The van der Waals surface area contributed by atoms with Crippen LogP contribution < -0.4 is 10.2 Å². The SMILES string of the molecule is OB(O)c1cc(F)cc(COc2ccc(Cl)c(Cl)c2)c1. The van der Waals surface area contributed by atoms with Gasteiger partial charge in [0.2, 0.25) is 0 Å². The number of halogens is 3. The Hall–Kier alpha value is -1.27. The minimum absolute atomic E-state index is 0.0649. The predicted molar refractivity (Wildman–Crippen MR) is 77.0 cm³/mol. The van der Waals surface area contributed by atoms with Gasteiger partial charge in [0.05, 0.1) is 10.0 Å². The molecular formula is C13H10BCl2FO3. The van der Waals surface area contributed by atoms with E-state index in [1.807, 2.05) is 0 Å². The molecule has 0 heterocycles. The van der Waals surface area contributed by atoms with Crippen molar-refractivity contribution in [2.45, 2.75) is 6.61 Å². The van der Waals surface area contributed by atoms with Crippen molar-refractivity contribution in [2.75, 3.05) is 0 Å². The maximum atomic E-state index is 13.3. The summed E-state index contributed by atoms with van der Waals surface area (Å²) in [7, 11) is -1.73. The van der Waals surface area contributed by atoms with E-state index in [1.54, 1.807) is 18.2 Å². The van der Waals surface area contributed by atoms with Gasteiger partial charge in [-0.3, -0.25) is 0 Å². The van der Waals surface area contributed by atoms with Gasteiger partial charge < -0.3 is 14.8 Å². The van der Waals surface area contributed by atoms with Crippen LogP contribution in [-0.4, -0.2) is 17.2 Å². The Labute approximate surface area is 125 Å². The summed E-state index contributed by atoms with van der Waals surface area (Å²) in [6.07, 6.45) is 0. The summed E-state index contributed by atoms with van der Waals surface area (Å²) in [6.45, 7) is 0.0649.